The van der Waals surface area contributed by atoms with Crippen LogP contribution in [0.4, 0.5) is 4.39 Å². The minimum Gasteiger partial charge on any atom is -0.383 e. The summed E-state index contributed by atoms with van der Waals surface area (Å²) in [6.07, 6.45) is 1.98. The maximum absolute atomic E-state index is 14.2. The predicted molar refractivity (Wildman–Crippen MR) is 99.8 cm³/mol. The molecule has 0 aliphatic heterocycles. The smallest absolute Gasteiger partial charge is 0.279 e. The molecule has 130 valence electrons. The van der Waals surface area contributed by atoms with Crippen LogP contribution in [0, 0.1) is 5.82 Å². The molecule has 2 aromatic carbocycles. The summed E-state index contributed by atoms with van der Waals surface area (Å²) >= 11 is 2.90. The lowest BCUT2D eigenvalue weighted by Crippen LogP contribution is -2.19. The van der Waals surface area contributed by atoms with Crippen LogP contribution in [0.2, 0.25) is 0 Å². The molecule has 4 nitrogen and oxygen atoms in total. The minimum atomic E-state index is -0.342. The molecule has 0 radical (unpaired) electrons. The van der Waals surface area contributed by atoms with E-state index in [4.69, 9.17) is 4.74 Å². The van der Waals surface area contributed by atoms with Crippen LogP contribution in [-0.4, -0.2) is 30.4 Å². The van der Waals surface area contributed by atoms with Crippen molar-refractivity contribution >= 4 is 39.2 Å². The molecule has 0 fully saturated rings. The van der Waals surface area contributed by atoms with Gasteiger partial charge >= 0.3 is 0 Å². The van der Waals surface area contributed by atoms with Crippen LogP contribution in [0.25, 0.3) is 10.2 Å². The van der Waals surface area contributed by atoms with E-state index in [-0.39, 0.29) is 11.7 Å². The molecule has 0 spiro atoms. The Bertz CT molecular complexity index is 961. The number of ether oxygens (including phenoxy) is 1. The fraction of sp³-hybridized carbons (Fsp3) is 0.222. The highest BCUT2D eigenvalue weighted by Gasteiger charge is 2.12. The number of para-hydroxylation sites is 1. The van der Waals surface area contributed by atoms with Crippen LogP contribution >= 0.6 is 23.1 Å². The molecule has 25 heavy (non-hydrogen) atoms. The Labute approximate surface area is 153 Å². The molecule has 1 amide bonds. The Morgan fingerprint density at radius 1 is 1.28 bits per heavy atom. The summed E-state index contributed by atoms with van der Waals surface area (Å²) in [5, 5.41) is 0. The van der Waals surface area contributed by atoms with Gasteiger partial charge in [-0.15, -0.1) is 11.8 Å². The number of benzene rings is 2. The first-order valence-electron chi connectivity index (χ1n) is 7.64. The van der Waals surface area contributed by atoms with Crippen molar-refractivity contribution in [1.82, 2.24) is 4.57 Å². The van der Waals surface area contributed by atoms with Crippen molar-refractivity contribution in [3.63, 3.8) is 0 Å². The Morgan fingerprint density at radius 3 is 2.72 bits per heavy atom. The van der Waals surface area contributed by atoms with Gasteiger partial charge in [-0.3, -0.25) is 4.79 Å². The number of halogens is 1. The van der Waals surface area contributed by atoms with Gasteiger partial charge < -0.3 is 9.30 Å². The predicted octanol–water partition coefficient (Wildman–Crippen LogP) is 3.95. The zero-order valence-electron chi connectivity index (χ0n) is 13.9. The van der Waals surface area contributed by atoms with Crippen LogP contribution in [0.5, 0.6) is 0 Å². The topological polar surface area (TPSA) is 43.6 Å². The summed E-state index contributed by atoms with van der Waals surface area (Å²) in [5.41, 5.74) is 0.961. The summed E-state index contributed by atoms with van der Waals surface area (Å²) in [6.45, 7) is 0.832. The van der Waals surface area contributed by atoms with Crippen LogP contribution in [0.3, 0.4) is 0 Å². The third kappa shape index (κ3) is 3.84. The largest absolute Gasteiger partial charge is 0.383 e. The number of fused-ring (bicyclic) bond motifs is 1. The van der Waals surface area contributed by atoms with Crippen molar-refractivity contribution < 1.29 is 13.9 Å². The molecular weight excluding hydrogens is 359 g/mol. The zero-order valence-corrected chi connectivity index (χ0v) is 15.5. The van der Waals surface area contributed by atoms with E-state index in [1.165, 1.54) is 17.4 Å². The molecule has 0 saturated heterocycles. The van der Waals surface area contributed by atoms with E-state index in [9.17, 15) is 9.18 Å². The first-order valence-corrected chi connectivity index (χ1v) is 9.68. The number of rotatable bonds is 5. The molecule has 1 heterocycles. The summed E-state index contributed by atoms with van der Waals surface area (Å²) in [5.74, 6) is -0.672. The van der Waals surface area contributed by atoms with Crippen molar-refractivity contribution in [2.75, 3.05) is 20.0 Å². The molecular formula is C18H17FN2O2S2. The van der Waals surface area contributed by atoms with Crippen LogP contribution in [-0.2, 0) is 11.3 Å². The van der Waals surface area contributed by atoms with Crippen molar-refractivity contribution in [2.45, 2.75) is 11.4 Å². The molecule has 0 aliphatic carbocycles. The molecule has 0 aliphatic rings. The van der Waals surface area contributed by atoms with Gasteiger partial charge in [0.25, 0.3) is 5.91 Å². The molecule has 0 N–H and O–H groups in total. The molecule has 0 unspecified atom stereocenters. The van der Waals surface area contributed by atoms with E-state index in [1.807, 2.05) is 24.5 Å². The first kappa shape index (κ1) is 17.8. The number of thioether (sulfide) groups is 1. The molecule has 0 atom stereocenters. The lowest BCUT2D eigenvalue weighted by atomic mass is 10.2. The van der Waals surface area contributed by atoms with Gasteiger partial charge in [0.1, 0.15) is 5.82 Å². The van der Waals surface area contributed by atoms with E-state index < -0.39 is 0 Å². The second kappa shape index (κ2) is 7.95. The molecule has 3 aromatic rings. The van der Waals surface area contributed by atoms with E-state index in [0.29, 0.717) is 29.0 Å². The van der Waals surface area contributed by atoms with Gasteiger partial charge in [-0.05, 0) is 42.7 Å². The maximum atomic E-state index is 14.2. The normalized spacial score (nSPS) is 12.0. The fourth-order valence-corrected chi connectivity index (χ4v) is 3.92. The summed E-state index contributed by atoms with van der Waals surface area (Å²) < 4.78 is 21.8. The quantitative estimate of drug-likeness (QED) is 0.633. The number of nitrogens with zero attached hydrogens (tertiary/aromatic N) is 2. The monoisotopic (exact) mass is 376 g/mol. The fourth-order valence-electron chi connectivity index (χ4n) is 2.45. The molecule has 0 saturated carbocycles. The van der Waals surface area contributed by atoms with E-state index in [2.05, 4.69) is 4.99 Å². The summed E-state index contributed by atoms with van der Waals surface area (Å²) in [4.78, 5) is 18.3. The lowest BCUT2D eigenvalue weighted by Gasteiger charge is -2.05. The number of amides is 1. The van der Waals surface area contributed by atoms with Gasteiger partial charge in [0.2, 0.25) is 0 Å². The first-order chi connectivity index (χ1) is 12.1. The highest BCUT2D eigenvalue weighted by molar-refractivity contribution is 7.98. The number of methoxy groups -OCH3 is 1. The number of hydrogen-bond acceptors (Lipinski definition) is 4. The Balaban J connectivity index is 2.07. The van der Waals surface area contributed by atoms with E-state index in [0.717, 1.165) is 9.60 Å². The highest BCUT2D eigenvalue weighted by atomic mass is 32.2. The molecule has 0 bridgehead atoms. The SMILES string of the molecule is COCCn1c(=NC(=O)c2ccc(SC)cc2)sc2cccc(F)c21. The number of hydrogen-bond donors (Lipinski definition) is 0. The van der Waals surface area contributed by atoms with Gasteiger partial charge in [0, 0.05) is 24.1 Å². The molecule has 1 aromatic heterocycles. The van der Waals surface area contributed by atoms with Gasteiger partial charge in [-0.1, -0.05) is 17.4 Å². The van der Waals surface area contributed by atoms with Gasteiger partial charge in [-0.2, -0.15) is 4.99 Å². The zero-order chi connectivity index (χ0) is 17.8. The Hall–Kier alpha value is -1.96. The third-order valence-corrected chi connectivity index (χ3v) is 5.49. The second-order valence-electron chi connectivity index (χ2n) is 5.26. The highest BCUT2D eigenvalue weighted by Crippen LogP contribution is 2.21. The molecule has 3 rings (SSSR count). The van der Waals surface area contributed by atoms with Crippen molar-refractivity contribution in [1.29, 1.82) is 0 Å². The van der Waals surface area contributed by atoms with Gasteiger partial charge in [0.05, 0.1) is 16.8 Å². The Morgan fingerprint density at radius 2 is 2.04 bits per heavy atom. The van der Waals surface area contributed by atoms with E-state index in [1.54, 1.807) is 41.6 Å². The Kier molecular flexibility index (Phi) is 5.67. The third-order valence-electron chi connectivity index (χ3n) is 3.71. The van der Waals surface area contributed by atoms with Gasteiger partial charge in [-0.25, -0.2) is 4.39 Å². The average molecular weight is 376 g/mol. The lowest BCUT2D eigenvalue weighted by molar-refractivity contribution is 0.0997. The molecule has 7 heteroatoms. The van der Waals surface area contributed by atoms with Gasteiger partial charge in [0.15, 0.2) is 4.80 Å². The van der Waals surface area contributed by atoms with Crippen molar-refractivity contribution in [2.24, 2.45) is 4.99 Å². The van der Waals surface area contributed by atoms with Crippen LogP contribution < -0.4 is 4.80 Å². The van der Waals surface area contributed by atoms with Crippen molar-refractivity contribution in [3.05, 3.63) is 58.6 Å². The summed E-state index contributed by atoms with van der Waals surface area (Å²) in [6, 6.07) is 12.2. The summed E-state index contributed by atoms with van der Waals surface area (Å²) in [7, 11) is 1.58. The van der Waals surface area contributed by atoms with Crippen LogP contribution in [0.15, 0.2) is 52.4 Å². The van der Waals surface area contributed by atoms with Crippen LogP contribution in [0.1, 0.15) is 10.4 Å². The average Bonchev–Trinajstić information content (AvgIpc) is 2.98. The minimum absolute atomic E-state index is 0.330. The second-order valence-corrected chi connectivity index (χ2v) is 7.15. The van der Waals surface area contributed by atoms with E-state index >= 15 is 0 Å². The number of carbonyl (C=O) groups is 1. The number of thiazole rings is 1. The maximum Gasteiger partial charge on any atom is 0.279 e. The van der Waals surface area contributed by atoms with Crippen molar-refractivity contribution in [3.8, 4) is 0 Å². The number of carbonyl (C=O) groups excluding carboxylic acids is 1. The standard InChI is InChI=1S/C18H17FN2O2S2/c1-23-11-10-21-16-14(19)4-3-5-15(16)25-18(21)20-17(22)12-6-8-13(24-2)9-7-12/h3-9H,10-11H2,1-2H3. The number of aromatic nitrogens is 1.